The molecule has 0 aliphatic heterocycles. The third kappa shape index (κ3) is 2.66. The van der Waals surface area contributed by atoms with Crippen molar-refractivity contribution in [2.24, 2.45) is 0 Å². The molecule has 1 aliphatic carbocycles. The minimum Gasteiger partial charge on any atom is -0.288 e. The highest BCUT2D eigenvalue weighted by atomic mass is 32.1. The minimum absolute atomic E-state index is 0.266. The first kappa shape index (κ1) is 18.8. The van der Waals surface area contributed by atoms with Crippen LogP contribution < -0.4 is 0 Å². The van der Waals surface area contributed by atoms with E-state index in [0.717, 1.165) is 21.2 Å². The van der Waals surface area contributed by atoms with E-state index in [9.17, 15) is 27.2 Å². The SMILES string of the molecule is O=C1C(=Cc2nc3sc(-c4ccccc4)cc3s2)C(=O)c2c(F)c(F)c(F)c(F)c21. The number of fused-ring (bicyclic) bond motifs is 2. The average Bonchev–Trinajstić information content (AvgIpc) is 3.38. The quantitative estimate of drug-likeness (QED) is 0.124. The van der Waals surface area contributed by atoms with Crippen molar-refractivity contribution in [1.82, 2.24) is 4.98 Å². The van der Waals surface area contributed by atoms with Crippen LogP contribution in [0.4, 0.5) is 17.6 Å². The molecule has 0 fully saturated rings. The molecule has 0 atom stereocenters. The van der Waals surface area contributed by atoms with Crippen molar-refractivity contribution in [3.8, 4) is 10.4 Å². The summed E-state index contributed by atoms with van der Waals surface area (Å²) in [6.45, 7) is 0. The number of carbonyl (C=O) groups is 2. The highest BCUT2D eigenvalue weighted by Gasteiger charge is 2.42. The van der Waals surface area contributed by atoms with E-state index >= 15 is 0 Å². The average molecular weight is 445 g/mol. The van der Waals surface area contributed by atoms with Crippen LogP contribution in [0.1, 0.15) is 25.7 Å². The van der Waals surface area contributed by atoms with Crippen molar-refractivity contribution in [2.45, 2.75) is 0 Å². The van der Waals surface area contributed by atoms with E-state index in [1.165, 1.54) is 22.7 Å². The first-order valence-corrected chi connectivity index (χ1v) is 10.1. The molecule has 0 unspecified atom stereocenters. The smallest absolute Gasteiger partial charge is 0.201 e. The van der Waals surface area contributed by atoms with Crippen LogP contribution in [0, 0.1) is 23.3 Å². The van der Waals surface area contributed by atoms with E-state index < -0.39 is 51.5 Å². The number of benzene rings is 2. The first-order valence-electron chi connectivity index (χ1n) is 8.49. The second-order valence-corrected chi connectivity index (χ2v) is 8.51. The Balaban J connectivity index is 1.57. The normalized spacial score (nSPS) is 13.4. The van der Waals surface area contributed by atoms with E-state index in [1.807, 2.05) is 36.4 Å². The van der Waals surface area contributed by atoms with Gasteiger partial charge in [0.05, 0.1) is 21.4 Å². The van der Waals surface area contributed by atoms with Crippen LogP contribution in [0.3, 0.4) is 0 Å². The number of thiazole rings is 1. The lowest BCUT2D eigenvalue weighted by molar-refractivity contribution is 0.0988. The zero-order chi connectivity index (χ0) is 21.2. The number of ketones is 2. The fourth-order valence-corrected chi connectivity index (χ4v) is 5.42. The topological polar surface area (TPSA) is 47.0 Å². The third-order valence-electron chi connectivity index (χ3n) is 4.64. The summed E-state index contributed by atoms with van der Waals surface area (Å²) in [6.07, 6.45) is 1.10. The number of nitrogens with zero attached hydrogens (tertiary/aromatic N) is 1. The lowest BCUT2D eigenvalue weighted by Gasteiger charge is -2.02. The van der Waals surface area contributed by atoms with Crippen LogP contribution in [0.5, 0.6) is 0 Å². The van der Waals surface area contributed by atoms with Crippen LogP contribution in [0.15, 0.2) is 42.0 Å². The van der Waals surface area contributed by atoms with Gasteiger partial charge in [-0.05, 0) is 17.7 Å². The number of hydrogen-bond acceptors (Lipinski definition) is 5. The number of aromatic nitrogens is 1. The van der Waals surface area contributed by atoms with Crippen LogP contribution in [-0.2, 0) is 0 Å². The maximum atomic E-state index is 14.0. The lowest BCUT2D eigenvalue weighted by atomic mass is 10.1. The Morgan fingerprint density at radius 3 is 1.97 bits per heavy atom. The van der Waals surface area contributed by atoms with Gasteiger partial charge in [0.15, 0.2) is 23.3 Å². The number of thiophene rings is 1. The van der Waals surface area contributed by atoms with Gasteiger partial charge in [0, 0.05) is 4.88 Å². The summed E-state index contributed by atoms with van der Waals surface area (Å²) in [5.74, 6) is -10.4. The van der Waals surface area contributed by atoms with Gasteiger partial charge in [-0.25, -0.2) is 22.5 Å². The van der Waals surface area contributed by atoms with Crippen LogP contribution in [-0.4, -0.2) is 16.6 Å². The third-order valence-corrected chi connectivity index (χ3v) is 6.80. The van der Waals surface area contributed by atoms with Gasteiger partial charge in [-0.15, -0.1) is 22.7 Å². The number of carbonyl (C=O) groups excluding carboxylic acids is 2. The predicted molar refractivity (Wildman–Crippen MR) is 106 cm³/mol. The molecule has 1 aliphatic rings. The molecular weight excluding hydrogens is 438 g/mol. The second kappa shape index (κ2) is 6.68. The summed E-state index contributed by atoms with van der Waals surface area (Å²) in [6, 6.07) is 11.5. The summed E-state index contributed by atoms with van der Waals surface area (Å²) >= 11 is 2.59. The highest BCUT2D eigenvalue weighted by molar-refractivity contribution is 7.29. The molecule has 2 heterocycles. The summed E-state index contributed by atoms with van der Waals surface area (Å²) in [5, 5.41) is 0.266. The van der Waals surface area contributed by atoms with Crippen molar-refractivity contribution in [3.05, 3.63) is 81.4 Å². The number of Topliss-reactive ketones (excluding diaryl/α,β-unsaturated/α-hetero) is 2. The van der Waals surface area contributed by atoms with Gasteiger partial charge in [-0.3, -0.25) is 9.59 Å². The zero-order valence-electron chi connectivity index (χ0n) is 14.6. The second-order valence-electron chi connectivity index (χ2n) is 6.42. The Labute approximate surface area is 173 Å². The summed E-state index contributed by atoms with van der Waals surface area (Å²) in [4.78, 5) is 30.9. The molecule has 148 valence electrons. The van der Waals surface area contributed by atoms with E-state index in [4.69, 9.17) is 0 Å². The fraction of sp³-hybridized carbons (Fsp3) is 0. The largest absolute Gasteiger partial charge is 0.288 e. The highest BCUT2D eigenvalue weighted by Crippen LogP contribution is 2.38. The molecule has 9 heteroatoms. The predicted octanol–water partition coefficient (Wildman–Crippen LogP) is 6.04. The molecule has 30 heavy (non-hydrogen) atoms. The molecule has 2 aromatic heterocycles. The number of rotatable bonds is 2. The van der Waals surface area contributed by atoms with E-state index in [2.05, 4.69) is 4.98 Å². The Hall–Kier alpha value is -3.17. The van der Waals surface area contributed by atoms with Gasteiger partial charge < -0.3 is 0 Å². The van der Waals surface area contributed by atoms with Gasteiger partial charge in [-0.1, -0.05) is 30.3 Å². The fourth-order valence-electron chi connectivity index (χ4n) is 3.24. The Kier molecular flexibility index (Phi) is 4.19. The summed E-state index contributed by atoms with van der Waals surface area (Å²) < 4.78 is 55.8. The van der Waals surface area contributed by atoms with Gasteiger partial charge in [0.25, 0.3) is 0 Å². The van der Waals surface area contributed by atoms with Crippen molar-refractivity contribution >= 4 is 49.8 Å². The van der Waals surface area contributed by atoms with Crippen LogP contribution >= 0.6 is 22.7 Å². The molecule has 2 aromatic carbocycles. The number of allylic oxidation sites excluding steroid dienone is 1. The Bertz CT molecular complexity index is 1340. The van der Waals surface area contributed by atoms with E-state index in [0.29, 0.717) is 4.83 Å². The van der Waals surface area contributed by atoms with Crippen molar-refractivity contribution in [3.63, 3.8) is 0 Å². The van der Waals surface area contributed by atoms with Gasteiger partial charge in [0.1, 0.15) is 9.84 Å². The molecule has 0 N–H and O–H groups in total. The monoisotopic (exact) mass is 445 g/mol. The Morgan fingerprint density at radius 2 is 1.40 bits per heavy atom. The first-order chi connectivity index (χ1) is 14.4. The maximum Gasteiger partial charge on any atom is 0.201 e. The lowest BCUT2D eigenvalue weighted by Crippen LogP contribution is -2.07. The molecular formula is C21H7F4NO2S2. The molecule has 0 saturated carbocycles. The summed E-state index contributed by atoms with van der Waals surface area (Å²) in [7, 11) is 0. The number of halogens is 4. The minimum atomic E-state index is -2.13. The molecule has 0 saturated heterocycles. The van der Waals surface area contributed by atoms with E-state index in [1.54, 1.807) is 0 Å². The molecule has 0 amide bonds. The van der Waals surface area contributed by atoms with Crippen LogP contribution in [0.25, 0.3) is 26.0 Å². The molecule has 5 rings (SSSR count). The van der Waals surface area contributed by atoms with Crippen molar-refractivity contribution in [1.29, 1.82) is 0 Å². The van der Waals surface area contributed by atoms with Crippen LogP contribution in [0.2, 0.25) is 0 Å². The number of hydrogen-bond donors (Lipinski definition) is 0. The van der Waals surface area contributed by atoms with Gasteiger partial charge in [0.2, 0.25) is 11.6 Å². The Morgan fingerprint density at radius 1 is 0.800 bits per heavy atom. The molecule has 3 nitrogen and oxygen atoms in total. The van der Waals surface area contributed by atoms with Gasteiger partial charge in [-0.2, -0.15) is 0 Å². The van der Waals surface area contributed by atoms with Crippen molar-refractivity contribution < 1.29 is 27.2 Å². The molecule has 0 radical (unpaired) electrons. The van der Waals surface area contributed by atoms with Gasteiger partial charge >= 0.3 is 0 Å². The molecule has 0 bridgehead atoms. The zero-order valence-corrected chi connectivity index (χ0v) is 16.3. The summed E-state index contributed by atoms with van der Waals surface area (Å²) in [5.41, 5.74) is -1.75. The standard InChI is InChI=1S/C21H7F4NO2S2/c22-15-13-14(16(23)18(25)17(15)24)20(28)9(19(13)27)6-12-26-21-11(29-12)7-10(30-21)8-4-2-1-3-5-8/h1-7H. The molecule has 4 aromatic rings. The maximum absolute atomic E-state index is 14.0. The molecule has 0 spiro atoms. The van der Waals surface area contributed by atoms with Crippen molar-refractivity contribution in [2.75, 3.05) is 0 Å². The van der Waals surface area contributed by atoms with E-state index in [-0.39, 0.29) is 5.01 Å².